The largest absolute Gasteiger partial charge is 0.351 e. The number of carbonyl (C=O) groups excluding carboxylic acids is 1. The van der Waals surface area contributed by atoms with Gasteiger partial charge >= 0.3 is 0 Å². The average Bonchev–Trinajstić information content (AvgIpc) is 2.82. The molecule has 0 aromatic carbocycles. The van der Waals surface area contributed by atoms with E-state index in [0.717, 1.165) is 0 Å². The number of carbonyl (C=O) groups is 1. The van der Waals surface area contributed by atoms with Crippen LogP contribution in [0.3, 0.4) is 0 Å². The first-order chi connectivity index (χ1) is 7.89. The van der Waals surface area contributed by atoms with Gasteiger partial charge in [-0.25, -0.2) is 8.42 Å². The molecule has 0 saturated carbocycles. The van der Waals surface area contributed by atoms with Crippen LogP contribution < -0.4 is 0 Å². The van der Waals surface area contributed by atoms with Crippen molar-refractivity contribution in [3.8, 4) is 0 Å². The van der Waals surface area contributed by atoms with Crippen LogP contribution >= 0.6 is 0 Å². The molecule has 7 heteroatoms. The maximum absolute atomic E-state index is 12.0. The summed E-state index contributed by atoms with van der Waals surface area (Å²) in [4.78, 5) is 13.4. The third-order valence-corrected chi connectivity index (χ3v) is 4.67. The first-order valence-electron chi connectivity index (χ1n) is 5.30. The smallest absolute Gasteiger partial charge is 0.292 e. The fourth-order valence-electron chi connectivity index (χ4n) is 1.88. The van der Waals surface area contributed by atoms with Gasteiger partial charge in [0.1, 0.15) is 0 Å². The van der Waals surface area contributed by atoms with Crippen LogP contribution in [0, 0.1) is 6.92 Å². The molecule has 0 bridgehead atoms. The van der Waals surface area contributed by atoms with Crippen LogP contribution in [-0.4, -0.2) is 49.0 Å². The minimum Gasteiger partial charge on any atom is -0.351 e. The van der Waals surface area contributed by atoms with Crippen molar-refractivity contribution in [2.24, 2.45) is 0 Å². The van der Waals surface area contributed by atoms with Gasteiger partial charge in [-0.05, 0) is 13.3 Å². The van der Waals surface area contributed by atoms with Crippen LogP contribution in [0.25, 0.3) is 0 Å². The summed E-state index contributed by atoms with van der Waals surface area (Å²) in [7, 11) is -1.40. The van der Waals surface area contributed by atoms with Crippen molar-refractivity contribution in [3.05, 3.63) is 17.5 Å². The molecule has 1 saturated heterocycles. The van der Waals surface area contributed by atoms with Gasteiger partial charge in [0, 0.05) is 19.2 Å². The molecule has 1 aromatic heterocycles. The number of hydrogen-bond acceptors (Lipinski definition) is 5. The van der Waals surface area contributed by atoms with E-state index in [9.17, 15) is 13.2 Å². The summed E-state index contributed by atoms with van der Waals surface area (Å²) < 4.78 is 27.5. The number of hydrogen-bond donors (Lipinski definition) is 0. The molecule has 0 N–H and O–H groups in total. The Kier molecular flexibility index (Phi) is 2.94. The quantitative estimate of drug-likeness (QED) is 0.759. The molecule has 0 aliphatic carbocycles. The number of aryl methyl sites for hydroxylation is 1. The van der Waals surface area contributed by atoms with Crippen molar-refractivity contribution < 1.29 is 17.7 Å². The first-order valence-corrected chi connectivity index (χ1v) is 7.12. The van der Waals surface area contributed by atoms with Crippen LogP contribution in [-0.2, 0) is 9.84 Å². The topological polar surface area (TPSA) is 80.5 Å². The van der Waals surface area contributed by atoms with Crippen LogP contribution in [0.4, 0.5) is 0 Å². The van der Waals surface area contributed by atoms with E-state index >= 15 is 0 Å². The monoisotopic (exact) mass is 258 g/mol. The zero-order chi connectivity index (χ0) is 12.6. The molecule has 1 aliphatic rings. The lowest BCUT2D eigenvalue weighted by Gasteiger charge is -2.21. The Labute approximate surface area is 99.5 Å². The van der Waals surface area contributed by atoms with Gasteiger partial charge < -0.3 is 9.42 Å². The summed E-state index contributed by atoms with van der Waals surface area (Å²) >= 11 is 0. The van der Waals surface area contributed by atoms with Gasteiger partial charge in [0.05, 0.1) is 17.2 Å². The molecule has 1 atom stereocenters. The Balaban J connectivity index is 2.11. The molecule has 94 valence electrons. The van der Waals surface area contributed by atoms with E-state index in [1.54, 1.807) is 20.0 Å². The van der Waals surface area contributed by atoms with E-state index in [1.807, 2.05) is 0 Å². The van der Waals surface area contributed by atoms with Gasteiger partial charge in [-0.3, -0.25) is 4.79 Å². The van der Waals surface area contributed by atoms with E-state index in [-0.39, 0.29) is 29.2 Å². The number of amides is 1. The summed E-state index contributed by atoms with van der Waals surface area (Å²) in [5, 5.41) is 3.63. The molecule has 6 nitrogen and oxygen atoms in total. The number of aromatic nitrogens is 1. The molecule has 17 heavy (non-hydrogen) atoms. The van der Waals surface area contributed by atoms with Crippen molar-refractivity contribution in [1.82, 2.24) is 10.1 Å². The van der Waals surface area contributed by atoms with Crippen molar-refractivity contribution in [2.75, 3.05) is 18.6 Å². The lowest BCUT2D eigenvalue weighted by Crippen LogP contribution is -2.37. The van der Waals surface area contributed by atoms with Crippen molar-refractivity contribution in [1.29, 1.82) is 0 Å². The number of sulfone groups is 1. The van der Waals surface area contributed by atoms with Gasteiger partial charge in [0.2, 0.25) is 5.76 Å². The zero-order valence-electron chi connectivity index (χ0n) is 9.71. The second kappa shape index (κ2) is 4.14. The van der Waals surface area contributed by atoms with Crippen LogP contribution in [0.1, 0.15) is 22.7 Å². The van der Waals surface area contributed by atoms with Crippen LogP contribution in [0.2, 0.25) is 0 Å². The summed E-state index contributed by atoms with van der Waals surface area (Å²) in [6.45, 7) is 1.72. The Morgan fingerprint density at radius 3 is 2.76 bits per heavy atom. The highest BCUT2D eigenvalue weighted by Crippen LogP contribution is 2.18. The first kappa shape index (κ1) is 12.1. The Hall–Kier alpha value is -1.37. The molecule has 2 heterocycles. The molecule has 0 radical (unpaired) electrons. The summed E-state index contributed by atoms with van der Waals surface area (Å²) in [5.41, 5.74) is 0.626. The minimum absolute atomic E-state index is 0.0301. The lowest BCUT2D eigenvalue weighted by atomic mass is 10.2. The molecule has 2 rings (SSSR count). The van der Waals surface area contributed by atoms with Gasteiger partial charge in [0.15, 0.2) is 9.84 Å². The fraction of sp³-hybridized carbons (Fsp3) is 0.600. The Bertz CT molecular complexity index is 534. The summed E-state index contributed by atoms with van der Waals surface area (Å²) in [5.74, 6) is -0.00502. The lowest BCUT2D eigenvalue weighted by molar-refractivity contribution is 0.0705. The van der Waals surface area contributed by atoms with E-state index in [1.165, 1.54) is 4.90 Å². The number of rotatable bonds is 2. The summed E-state index contributed by atoms with van der Waals surface area (Å²) in [6, 6.07) is 1.28. The fourth-order valence-corrected chi connectivity index (χ4v) is 3.66. The van der Waals surface area contributed by atoms with Gasteiger partial charge in [-0.2, -0.15) is 0 Å². The van der Waals surface area contributed by atoms with Crippen molar-refractivity contribution >= 4 is 15.7 Å². The summed E-state index contributed by atoms with van der Waals surface area (Å²) in [6.07, 6.45) is 0.484. The average molecular weight is 258 g/mol. The molecule has 1 fully saturated rings. The maximum Gasteiger partial charge on any atom is 0.292 e. The predicted molar refractivity (Wildman–Crippen MR) is 60.4 cm³/mol. The standard InChI is InChI=1S/C10H14N2O4S/c1-7-5-9(16-11-7)10(13)12(2)8-3-4-17(14,15)6-8/h5,8H,3-4,6H2,1-2H3/t8-/m0/s1. The zero-order valence-corrected chi connectivity index (χ0v) is 10.5. The molecule has 1 amide bonds. The SMILES string of the molecule is Cc1cc(C(=O)N(C)[C@H]2CCS(=O)(=O)C2)on1. The van der Waals surface area contributed by atoms with Crippen LogP contribution in [0.5, 0.6) is 0 Å². The van der Waals surface area contributed by atoms with E-state index in [2.05, 4.69) is 5.16 Å². The highest BCUT2D eigenvalue weighted by atomic mass is 32.2. The van der Waals surface area contributed by atoms with E-state index in [0.29, 0.717) is 12.1 Å². The second-order valence-electron chi connectivity index (χ2n) is 4.31. The molecule has 0 unspecified atom stereocenters. The van der Waals surface area contributed by atoms with Gasteiger partial charge in [0.25, 0.3) is 5.91 Å². The van der Waals surface area contributed by atoms with Crippen LogP contribution in [0.15, 0.2) is 10.6 Å². The highest BCUT2D eigenvalue weighted by Gasteiger charge is 2.33. The van der Waals surface area contributed by atoms with Gasteiger partial charge in [-0.1, -0.05) is 5.16 Å². The van der Waals surface area contributed by atoms with Gasteiger partial charge in [-0.15, -0.1) is 0 Å². The predicted octanol–water partition coefficient (Wildman–Crippen LogP) is 0.242. The maximum atomic E-state index is 12.0. The Morgan fingerprint density at radius 2 is 2.29 bits per heavy atom. The number of nitrogens with zero attached hydrogens (tertiary/aromatic N) is 2. The molecule has 1 aliphatic heterocycles. The van der Waals surface area contributed by atoms with E-state index < -0.39 is 9.84 Å². The molecular formula is C10H14N2O4S. The molecular weight excluding hydrogens is 244 g/mol. The minimum atomic E-state index is -2.99. The van der Waals surface area contributed by atoms with E-state index in [4.69, 9.17) is 4.52 Å². The molecule has 0 spiro atoms. The second-order valence-corrected chi connectivity index (χ2v) is 6.53. The third kappa shape index (κ3) is 2.49. The highest BCUT2D eigenvalue weighted by molar-refractivity contribution is 7.91. The molecule has 1 aromatic rings. The van der Waals surface area contributed by atoms with Crippen molar-refractivity contribution in [3.63, 3.8) is 0 Å². The normalized spacial score (nSPS) is 22.6. The third-order valence-electron chi connectivity index (χ3n) is 2.92. The Morgan fingerprint density at radius 1 is 1.59 bits per heavy atom. The van der Waals surface area contributed by atoms with Crippen molar-refractivity contribution in [2.45, 2.75) is 19.4 Å².